The van der Waals surface area contributed by atoms with Crippen LogP contribution in [0.25, 0.3) is 0 Å². The van der Waals surface area contributed by atoms with Crippen LogP contribution in [0.15, 0.2) is 0 Å². The van der Waals surface area contributed by atoms with Crippen molar-refractivity contribution in [1.82, 2.24) is 0 Å². The molecule has 0 aromatic carbocycles. The van der Waals surface area contributed by atoms with Crippen molar-refractivity contribution in [1.29, 1.82) is 0 Å². The molecular weight excluding hydrogens is 252 g/mol. The Labute approximate surface area is 109 Å². The van der Waals surface area contributed by atoms with Gasteiger partial charge in [-0.05, 0) is 37.5 Å². The van der Waals surface area contributed by atoms with Gasteiger partial charge in [-0.2, -0.15) is 0 Å². The van der Waals surface area contributed by atoms with Crippen molar-refractivity contribution in [2.75, 3.05) is 0 Å². The van der Waals surface area contributed by atoms with Crippen molar-refractivity contribution in [3.05, 3.63) is 0 Å². The Hall–Kier alpha value is -1.72. The molecule has 5 atom stereocenters. The highest BCUT2D eigenvalue weighted by Gasteiger charge is 2.56. The topological polar surface area (TPSA) is 86.7 Å². The molecule has 2 saturated carbocycles. The molecule has 19 heavy (non-hydrogen) atoms. The second-order valence-electron chi connectivity index (χ2n) is 5.56. The fourth-order valence-corrected chi connectivity index (χ4v) is 3.96. The first-order chi connectivity index (χ1) is 9.11. The molecule has 3 fully saturated rings. The largest absolute Gasteiger partial charge is 0.395 e. The average molecular weight is 266 g/mol. The summed E-state index contributed by atoms with van der Waals surface area (Å²) in [5.74, 6) is -2.11. The molecule has 1 aliphatic heterocycles. The third-order valence-electron chi connectivity index (χ3n) is 4.80. The molecule has 0 radical (unpaired) electrons. The lowest BCUT2D eigenvalue weighted by molar-refractivity contribution is -0.169. The van der Waals surface area contributed by atoms with E-state index in [0.29, 0.717) is 25.7 Å². The number of cyclic esters (lactones) is 2. The van der Waals surface area contributed by atoms with E-state index >= 15 is 0 Å². The Morgan fingerprint density at radius 3 is 2.47 bits per heavy atom. The number of carbonyl (C=O) groups excluding carboxylic acids is 4. The molecule has 0 aromatic heterocycles. The number of hydrogen-bond acceptors (Lipinski definition) is 6. The van der Waals surface area contributed by atoms with E-state index in [1.54, 1.807) is 0 Å². The molecule has 1 heterocycles. The van der Waals surface area contributed by atoms with E-state index < -0.39 is 17.9 Å². The normalized spacial score (nSPS) is 40.3. The van der Waals surface area contributed by atoms with Gasteiger partial charge in [0, 0.05) is 0 Å². The molecule has 3 aliphatic rings. The highest BCUT2D eigenvalue weighted by molar-refractivity contribution is 5.92. The predicted octanol–water partition coefficient (Wildman–Crippen LogP) is 0.438. The maximum atomic E-state index is 11.7. The summed E-state index contributed by atoms with van der Waals surface area (Å²) >= 11 is 0. The van der Waals surface area contributed by atoms with E-state index in [9.17, 15) is 19.2 Å². The van der Waals surface area contributed by atoms with Crippen LogP contribution < -0.4 is 0 Å². The summed E-state index contributed by atoms with van der Waals surface area (Å²) in [4.78, 5) is 45.1. The van der Waals surface area contributed by atoms with Gasteiger partial charge in [-0.15, -0.1) is 0 Å². The molecule has 2 bridgehead atoms. The zero-order chi connectivity index (χ0) is 13.6. The van der Waals surface area contributed by atoms with Gasteiger partial charge in [-0.1, -0.05) is 0 Å². The first-order valence-corrected chi connectivity index (χ1v) is 6.51. The minimum Gasteiger partial charge on any atom is -0.395 e. The summed E-state index contributed by atoms with van der Waals surface area (Å²) in [6, 6.07) is 0. The smallest absolute Gasteiger partial charge is 0.316 e. The van der Waals surface area contributed by atoms with Gasteiger partial charge in [0.25, 0.3) is 0 Å². The molecular formula is C13H14O6. The van der Waals surface area contributed by atoms with Gasteiger partial charge < -0.3 is 9.47 Å². The average Bonchev–Trinajstić information content (AvgIpc) is 2.73. The lowest BCUT2D eigenvalue weighted by atomic mass is 9.72. The van der Waals surface area contributed by atoms with Crippen LogP contribution >= 0.6 is 0 Å². The second-order valence-corrected chi connectivity index (χ2v) is 5.56. The maximum Gasteiger partial charge on any atom is 0.316 e. The number of carbonyl (C=O) groups is 4. The third-order valence-corrected chi connectivity index (χ3v) is 4.80. The van der Waals surface area contributed by atoms with Gasteiger partial charge >= 0.3 is 24.4 Å². The SMILES string of the molecule is O=COC(=O)C1CCC2C3CC(C(=O)OC3=O)C2C1. The van der Waals surface area contributed by atoms with E-state index in [1.165, 1.54) is 0 Å². The van der Waals surface area contributed by atoms with Crippen LogP contribution in [0.4, 0.5) is 0 Å². The predicted molar refractivity (Wildman–Crippen MR) is 59.2 cm³/mol. The highest BCUT2D eigenvalue weighted by atomic mass is 16.6. The van der Waals surface area contributed by atoms with Gasteiger partial charge in [0.15, 0.2) is 0 Å². The van der Waals surface area contributed by atoms with E-state index in [-0.39, 0.29) is 36.1 Å². The van der Waals surface area contributed by atoms with Crippen LogP contribution in [-0.4, -0.2) is 24.4 Å². The molecule has 3 rings (SSSR count). The van der Waals surface area contributed by atoms with Crippen LogP contribution in [0.5, 0.6) is 0 Å². The zero-order valence-corrected chi connectivity index (χ0v) is 10.2. The Kier molecular flexibility index (Phi) is 2.88. The van der Waals surface area contributed by atoms with Crippen LogP contribution in [0.2, 0.25) is 0 Å². The molecule has 0 aromatic rings. The molecule has 2 aliphatic carbocycles. The molecule has 102 valence electrons. The van der Waals surface area contributed by atoms with Gasteiger partial charge in [0.05, 0.1) is 17.8 Å². The number of hydrogen-bond donors (Lipinski definition) is 0. The first kappa shape index (κ1) is 12.3. The number of rotatable bonds is 2. The molecule has 6 nitrogen and oxygen atoms in total. The van der Waals surface area contributed by atoms with Crippen molar-refractivity contribution >= 4 is 24.4 Å². The highest BCUT2D eigenvalue weighted by Crippen LogP contribution is 2.53. The maximum absolute atomic E-state index is 11.7. The number of ether oxygens (including phenoxy) is 2. The minimum absolute atomic E-state index is 0.00176. The monoisotopic (exact) mass is 266 g/mol. The van der Waals surface area contributed by atoms with Gasteiger partial charge in [0.1, 0.15) is 0 Å². The Morgan fingerprint density at radius 1 is 1.11 bits per heavy atom. The lowest BCUT2D eigenvalue weighted by Crippen LogP contribution is -2.32. The fraction of sp³-hybridized carbons (Fsp3) is 0.692. The van der Waals surface area contributed by atoms with Crippen molar-refractivity contribution in [3.8, 4) is 0 Å². The number of esters is 3. The number of fused-ring (bicyclic) bond motifs is 5. The van der Waals surface area contributed by atoms with E-state index in [2.05, 4.69) is 4.74 Å². The Bertz CT molecular complexity index is 456. The quantitative estimate of drug-likeness (QED) is 0.409. The van der Waals surface area contributed by atoms with Crippen LogP contribution in [-0.2, 0) is 28.7 Å². The van der Waals surface area contributed by atoms with E-state index in [1.807, 2.05) is 0 Å². The summed E-state index contributed by atoms with van der Waals surface area (Å²) in [5.41, 5.74) is 0. The van der Waals surface area contributed by atoms with E-state index in [0.717, 1.165) is 0 Å². The van der Waals surface area contributed by atoms with Crippen molar-refractivity contribution in [3.63, 3.8) is 0 Å². The molecule has 5 unspecified atom stereocenters. The van der Waals surface area contributed by atoms with Crippen molar-refractivity contribution in [2.45, 2.75) is 25.7 Å². The van der Waals surface area contributed by atoms with Crippen LogP contribution in [0, 0.1) is 29.6 Å². The van der Waals surface area contributed by atoms with Crippen molar-refractivity contribution in [2.24, 2.45) is 29.6 Å². The zero-order valence-electron chi connectivity index (χ0n) is 10.2. The molecule has 1 saturated heterocycles. The second kappa shape index (κ2) is 4.43. The Morgan fingerprint density at radius 2 is 1.79 bits per heavy atom. The third kappa shape index (κ3) is 1.86. The van der Waals surface area contributed by atoms with Gasteiger partial charge in [0.2, 0.25) is 0 Å². The summed E-state index contributed by atoms with van der Waals surface area (Å²) in [6.07, 6.45) is 2.34. The lowest BCUT2D eigenvalue weighted by Gasteiger charge is -2.31. The first-order valence-electron chi connectivity index (χ1n) is 6.51. The van der Waals surface area contributed by atoms with E-state index in [4.69, 9.17) is 4.74 Å². The molecule has 6 heteroatoms. The summed E-state index contributed by atoms with van der Waals surface area (Å²) in [6.45, 7) is 0.138. The van der Waals surface area contributed by atoms with Gasteiger partial charge in [-0.25, -0.2) is 0 Å². The standard InChI is InChI=1S/C13H14O6/c14-5-18-11(15)6-1-2-7-8(3-6)10-4-9(7)12(16)19-13(10)17/h5-10H,1-4H2. The fourth-order valence-electron chi connectivity index (χ4n) is 3.96. The molecule has 0 N–H and O–H groups in total. The molecule has 0 spiro atoms. The van der Waals surface area contributed by atoms with Crippen molar-refractivity contribution < 1.29 is 28.7 Å². The minimum atomic E-state index is -0.533. The molecule has 0 amide bonds. The summed E-state index contributed by atoms with van der Waals surface area (Å²) in [5, 5.41) is 0. The van der Waals surface area contributed by atoms with Gasteiger partial charge in [-0.3, -0.25) is 19.2 Å². The summed E-state index contributed by atoms with van der Waals surface area (Å²) < 4.78 is 9.14. The Balaban J connectivity index is 1.78. The van der Waals surface area contributed by atoms with Crippen LogP contribution in [0.1, 0.15) is 25.7 Å². The summed E-state index contributed by atoms with van der Waals surface area (Å²) in [7, 11) is 0. The van der Waals surface area contributed by atoms with Crippen LogP contribution in [0.3, 0.4) is 0 Å².